The number of hydrogen-bond acceptors (Lipinski definition) is 2. The fourth-order valence-electron chi connectivity index (χ4n) is 2.00. The molecular formula is C12H24N2O. The Morgan fingerprint density at radius 1 is 1.53 bits per heavy atom. The maximum absolute atomic E-state index is 12.1. The van der Waals surface area contributed by atoms with Gasteiger partial charge in [-0.25, -0.2) is 0 Å². The minimum Gasteiger partial charge on any atom is -0.335 e. The van der Waals surface area contributed by atoms with E-state index in [1.165, 1.54) is 0 Å². The van der Waals surface area contributed by atoms with Crippen LogP contribution >= 0.6 is 0 Å². The summed E-state index contributed by atoms with van der Waals surface area (Å²) in [5.74, 6) is 0.738. The molecule has 0 aromatic rings. The summed E-state index contributed by atoms with van der Waals surface area (Å²) in [4.78, 5) is 14.1. The molecule has 1 rings (SSSR count). The van der Waals surface area contributed by atoms with E-state index >= 15 is 0 Å². The Balaban J connectivity index is 2.67. The molecule has 1 unspecified atom stereocenters. The third-order valence-electron chi connectivity index (χ3n) is 2.95. The zero-order chi connectivity index (χ0) is 11.6. The largest absolute Gasteiger partial charge is 0.335 e. The molecule has 0 aromatic carbocycles. The minimum absolute atomic E-state index is 0.0432. The Bertz CT molecular complexity index is 236. The molecule has 1 heterocycles. The summed E-state index contributed by atoms with van der Waals surface area (Å²) in [5.41, 5.74) is -0.0432. The normalized spacial score (nSPS) is 25.7. The van der Waals surface area contributed by atoms with E-state index in [2.05, 4.69) is 39.9 Å². The molecule has 0 aliphatic carbocycles. The van der Waals surface area contributed by atoms with Crippen LogP contribution in [0.15, 0.2) is 0 Å². The Hall–Kier alpha value is -0.570. The first-order valence-corrected chi connectivity index (χ1v) is 5.87. The molecule has 1 N–H and O–H groups in total. The Morgan fingerprint density at radius 2 is 2.13 bits per heavy atom. The lowest BCUT2D eigenvalue weighted by Gasteiger charge is -2.45. The van der Waals surface area contributed by atoms with Crippen molar-refractivity contribution in [2.45, 2.75) is 52.6 Å². The average molecular weight is 212 g/mol. The van der Waals surface area contributed by atoms with Gasteiger partial charge in [-0.3, -0.25) is 4.79 Å². The van der Waals surface area contributed by atoms with Crippen molar-refractivity contribution in [1.82, 2.24) is 10.2 Å². The van der Waals surface area contributed by atoms with Gasteiger partial charge in [0.05, 0.1) is 0 Å². The van der Waals surface area contributed by atoms with E-state index in [0.717, 1.165) is 13.1 Å². The van der Waals surface area contributed by atoms with Gasteiger partial charge in [0, 0.05) is 31.1 Å². The summed E-state index contributed by atoms with van der Waals surface area (Å²) in [6, 6.07) is 0.411. The lowest BCUT2D eigenvalue weighted by Crippen LogP contribution is -2.63. The zero-order valence-corrected chi connectivity index (χ0v) is 10.6. The summed E-state index contributed by atoms with van der Waals surface area (Å²) >= 11 is 0. The van der Waals surface area contributed by atoms with Crippen LogP contribution in [0.1, 0.15) is 41.0 Å². The van der Waals surface area contributed by atoms with Crippen LogP contribution in [0.3, 0.4) is 0 Å². The Morgan fingerprint density at radius 3 is 2.67 bits per heavy atom. The molecule has 3 heteroatoms. The first kappa shape index (κ1) is 12.5. The van der Waals surface area contributed by atoms with Gasteiger partial charge in [0.1, 0.15) is 0 Å². The number of rotatable bonds is 2. The van der Waals surface area contributed by atoms with Crippen LogP contribution in [0.4, 0.5) is 0 Å². The van der Waals surface area contributed by atoms with Gasteiger partial charge in [-0.15, -0.1) is 0 Å². The molecule has 0 bridgehead atoms. The first-order chi connectivity index (χ1) is 6.83. The van der Waals surface area contributed by atoms with E-state index < -0.39 is 0 Å². The SMILES string of the molecule is CC(C)CC(=O)N1CC(C)NCC1(C)C. The molecule has 15 heavy (non-hydrogen) atoms. The third-order valence-corrected chi connectivity index (χ3v) is 2.95. The van der Waals surface area contributed by atoms with Crippen LogP contribution in [0.5, 0.6) is 0 Å². The highest BCUT2D eigenvalue weighted by Crippen LogP contribution is 2.20. The van der Waals surface area contributed by atoms with Gasteiger partial charge in [0.15, 0.2) is 0 Å². The molecule has 0 spiro atoms. The summed E-state index contributed by atoms with van der Waals surface area (Å²) in [6.45, 7) is 12.3. The molecule has 0 saturated carbocycles. The summed E-state index contributed by atoms with van der Waals surface area (Å²) in [6.07, 6.45) is 0.663. The van der Waals surface area contributed by atoms with Crippen molar-refractivity contribution < 1.29 is 4.79 Å². The van der Waals surface area contributed by atoms with Crippen molar-refractivity contribution in [3.8, 4) is 0 Å². The van der Waals surface area contributed by atoms with Crippen molar-refractivity contribution in [3.05, 3.63) is 0 Å². The monoisotopic (exact) mass is 212 g/mol. The van der Waals surface area contributed by atoms with E-state index in [9.17, 15) is 4.79 Å². The van der Waals surface area contributed by atoms with Crippen LogP contribution in [-0.2, 0) is 4.79 Å². The van der Waals surface area contributed by atoms with Crippen LogP contribution in [0.25, 0.3) is 0 Å². The van der Waals surface area contributed by atoms with E-state index in [4.69, 9.17) is 0 Å². The second-order valence-corrected chi connectivity index (χ2v) is 5.70. The fraction of sp³-hybridized carbons (Fsp3) is 0.917. The maximum atomic E-state index is 12.1. The maximum Gasteiger partial charge on any atom is 0.223 e. The molecule has 1 saturated heterocycles. The fourth-order valence-corrected chi connectivity index (χ4v) is 2.00. The van der Waals surface area contributed by atoms with Crippen molar-refractivity contribution in [2.24, 2.45) is 5.92 Å². The quantitative estimate of drug-likeness (QED) is 0.754. The number of nitrogens with one attached hydrogen (secondary N) is 1. The lowest BCUT2D eigenvalue weighted by molar-refractivity contribution is -0.139. The Labute approximate surface area is 93.2 Å². The first-order valence-electron chi connectivity index (χ1n) is 5.87. The van der Waals surface area contributed by atoms with Gasteiger partial charge in [0.2, 0.25) is 5.91 Å². The molecule has 0 radical (unpaired) electrons. The van der Waals surface area contributed by atoms with Gasteiger partial charge in [-0.1, -0.05) is 13.8 Å². The zero-order valence-electron chi connectivity index (χ0n) is 10.6. The number of amides is 1. The standard InChI is InChI=1S/C12H24N2O/c1-9(2)6-11(15)14-7-10(3)13-8-12(14,4)5/h9-10,13H,6-8H2,1-5H3. The van der Waals surface area contributed by atoms with Crippen molar-refractivity contribution in [1.29, 1.82) is 0 Å². The lowest BCUT2D eigenvalue weighted by atomic mass is 9.96. The number of nitrogens with zero attached hydrogens (tertiary/aromatic N) is 1. The predicted molar refractivity (Wildman–Crippen MR) is 62.7 cm³/mol. The highest BCUT2D eigenvalue weighted by atomic mass is 16.2. The number of hydrogen-bond donors (Lipinski definition) is 1. The molecule has 1 atom stereocenters. The molecule has 88 valence electrons. The molecule has 1 aliphatic heterocycles. The van der Waals surface area contributed by atoms with Gasteiger partial charge >= 0.3 is 0 Å². The van der Waals surface area contributed by atoms with Crippen molar-refractivity contribution >= 4 is 5.91 Å². The van der Waals surface area contributed by atoms with Gasteiger partial charge < -0.3 is 10.2 Å². The highest BCUT2D eigenvalue weighted by molar-refractivity contribution is 5.77. The van der Waals surface area contributed by atoms with Crippen LogP contribution in [0.2, 0.25) is 0 Å². The molecule has 1 fully saturated rings. The summed E-state index contributed by atoms with van der Waals surface area (Å²) in [5, 5.41) is 3.42. The van der Waals surface area contributed by atoms with E-state index in [-0.39, 0.29) is 5.54 Å². The molecule has 0 aromatic heterocycles. The van der Waals surface area contributed by atoms with Gasteiger partial charge in [0.25, 0.3) is 0 Å². The topological polar surface area (TPSA) is 32.3 Å². The summed E-state index contributed by atoms with van der Waals surface area (Å²) < 4.78 is 0. The summed E-state index contributed by atoms with van der Waals surface area (Å²) in [7, 11) is 0. The average Bonchev–Trinajstić information content (AvgIpc) is 2.08. The van der Waals surface area contributed by atoms with Crippen molar-refractivity contribution in [2.75, 3.05) is 13.1 Å². The van der Waals surface area contributed by atoms with Crippen LogP contribution in [0, 0.1) is 5.92 Å². The van der Waals surface area contributed by atoms with E-state index in [0.29, 0.717) is 24.3 Å². The van der Waals surface area contributed by atoms with Gasteiger partial charge in [-0.05, 0) is 26.7 Å². The van der Waals surface area contributed by atoms with Crippen molar-refractivity contribution in [3.63, 3.8) is 0 Å². The molecule has 1 amide bonds. The molecule has 1 aliphatic rings. The third kappa shape index (κ3) is 3.20. The number of carbonyl (C=O) groups is 1. The second kappa shape index (κ2) is 4.52. The number of piperazine rings is 1. The Kier molecular flexibility index (Phi) is 3.77. The van der Waals surface area contributed by atoms with Crippen LogP contribution < -0.4 is 5.32 Å². The van der Waals surface area contributed by atoms with E-state index in [1.54, 1.807) is 0 Å². The number of carbonyl (C=O) groups excluding carboxylic acids is 1. The second-order valence-electron chi connectivity index (χ2n) is 5.70. The predicted octanol–water partition coefficient (Wildman–Crippen LogP) is 1.63. The van der Waals surface area contributed by atoms with Gasteiger partial charge in [-0.2, -0.15) is 0 Å². The van der Waals surface area contributed by atoms with E-state index in [1.807, 2.05) is 4.90 Å². The highest BCUT2D eigenvalue weighted by Gasteiger charge is 2.35. The molecule has 3 nitrogen and oxygen atoms in total. The minimum atomic E-state index is -0.0432. The molecular weight excluding hydrogens is 188 g/mol. The van der Waals surface area contributed by atoms with Crippen LogP contribution in [-0.4, -0.2) is 35.5 Å². The smallest absolute Gasteiger partial charge is 0.223 e.